The van der Waals surface area contributed by atoms with Crippen molar-refractivity contribution >= 4 is 21.9 Å². The molecule has 296 valence electrons. The van der Waals surface area contributed by atoms with Crippen LogP contribution in [0.2, 0.25) is 0 Å². The molecule has 0 spiro atoms. The Kier molecular flexibility index (Phi) is 8.62. The average molecular weight is 805 g/mol. The summed E-state index contributed by atoms with van der Waals surface area (Å²) in [4.78, 5) is 10.9. The van der Waals surface area contributed by atoms with Crippen molar-refractivity contribution in [2.75, 3.05) is 0 Å². The Morgan fingerprint density at radius 1 is 0.365 bits per heavy atom. The first kappa shape index (κ1) is 36.7. The van der Waals surface area contributed by atoms with E-state index in [9.17, 15) is 0 Å². The molecule has 0 N–H and O–H groups in total. The molecule has 63 heavy (non-hydrogen) atoms. The molecule has 2 heterocycles. The van der Waals surface area contributed by atoms with Crippen molar-refractivity contribution in [1.29, 1.82) is 0 Å². The molecule has 2 aromatic heterocycles. The van der Waals surface area contributed by atoms with Crippen LogP contribution in [-0.4, -0.2) is 9.97 Å². The van der Waals surface area contributed by atoms with E-state index in [4.69, 9.17) is 14.4 Å². The number of nitrogens with zero attached hydrogens (tertiary/aromatic N) is 2. The molecule has 0 fully saturated rings. The van der Waals surface area contributed by atoms with Crippen LogP contribution >= 0.6 is 0 Å². The molecule has 0 amide bonds. The molecular formula is C60H40N2O. The van der Waals surface area contributed by atoms with Gasteiger partial charge in [-0.1, -0.05) is 194 Å². The molecule has 3 nitrogen and oxygen atoms in total. The van der Waals surface area contributed by atoms with Crippen molar-refractivity contribution in [3.63, 3.8) is 0 Å². The monoisotopic (exact) mass is 804 g/mol. The summed E-state index contributed by atoms with van der Waals surface area (Å²) in [5.74, 6) is 0.677. The van der Waals surface area contributed by atoms with Crippen LogP contribution < -0.4 is 0 Å². The van der Waals surface area contributed by atoms with Gasteiger partial charge >= 0.3 is 0 Å². The highest BCUT2D eigenvalue weighted by Gasteiger charge is 2.42. The zero-order valence-corrected chi connectivity index (χ0v) is 34.7. The molecule has 12 rings (SSSR count). The Hall–Kier alpha value is -8.14. The number of furan rings is 1. The van der Waals surface area contributed by atoms with Crippen molar-refractivity contribution in [3.05, 3.63) is 241 Å². The number of fused-ring (bicyclic) bond motifs is 6. The summed E-state index contributed by atoms with van der Waals surface area (Å²) in [7, 11) is 0. The highest BCUT2D eigenvalue weighted by Crippen LogP contribution is 2.55. The van der Waals surface area contributed by atoms with Gasteiger partial charge in [0.15, 0.2) is 5.82 Å². The number of para-hydroxylation sites is 2. The maximum atomic E-state index is 6.65. The van der Waals surface area contributed by atoms with Gasteiger partial charge in [0.05, 0.1) is 11.4 Å². The van der Waals surface area contributed by atoms with Crippen LogP contribution in [0.25, 0.3) is 100 Å². The van der Waals surface area contributed by atoms with Gasteiger partial charge in [-0.15, -0.1) is 0 Å². The van der Waals surface area contributed by atoms with E-state index in [1.807, 2.05) is 18.2 Å². The van der Waals surface area contributed by atoms with Gasteiger partial charge in [0, 0.05) is 38.4 Å². The van der Waals surface area contributed by atoms with E-state index < -0.39 is 5.41 Å². The molecule has 1 aliphatic rings. The second-order valence-corrected chi connectivity index (χ2v) is 16.6. The van der Waals surface area contributed by atoms with E-state index in [2.05, 4.69) is 213 Å². The molecule has 11 aromatic rings. The Morgan fingerprint density at radius 3 is 1.70 bits per heavy atom. The molecule has 0 saturated carbocycles. The molecule has 1 unspecified atom stereocenters. The van der Waals surface area contributed by atoms with Crippen LogP contribution in [0.3, 0.4) is 0 Å². The van der Waals surface area contributed by atoms with Crippen molar-refractivity contribution in [2.24, 2.45) is 0 Å². The smallest absolute Gasteiger partial charge is 0.160 e. The summed E-state index contributed by atoms with van der Waals surface area (Å²) < 4.78 is 6.65. The maximum Gasteiger partial charge on any atom is 0.160 e. The summed E-state index contributed by atoms with van der Waals surface area (Å²) in [5, 5.41) is 2.20. The third-order valence-electron chi connectivity index (χ3n) is 13.0. The van der Waals surface area contributed by atoms with Crippen LogP contribution in [0.5, 0.6) is 0 Å². The highest BCUT2D eigenvalue weighted by atomic mass is 16.3. The van der Waals surface area contributed by atoms with Gasteiger partial charge in [0.2, 0.25) is 0 Å². The lowest BCUT2D eigenvalue weighted by atomic mass is 9.72. The van der Waals surface area contributed by atoms with Gasteiger partial charge in [-0.05, 0) is 92.9 Å². The van der Waals surface area contributed by atoms with Crippen LogP contribution in [-0.2, 0) is 5.41 Å². The Labute approximate surface area is 366 Å². The zero-order chi connectivity index (χ0) is 41.9. The molecule has 0 radical (unpaired) electrons. The largest absolute Gasteiger partial charge is 0.455 e. The lowest BCUT2D eigenvalue weighted by Gasteiger charge is -2.30. The molecule has 1 atom stereocenters. The van der Waals surface area contributed by atoms with E-state index in [1.54, 1.807) is 0 Å². The maximum absolute atomic E-state index is 6.65. The third-order valence-corrected chi connectivity index (χ3v) is 13.0. The quantitative estimate of drug-likeness (QED) is 0.161. The van der Waals surface area contributed by atoms with E-state index in [1.165, 1.54) is 38.9 Å². The normalized spacial score (nSPS) is 14.2. The zero-order valence-electron chi connectivity index (χ0n) is 34.7. The fourth-order valence-electron chi connectivity index (χ4n) is 9.90. The second kappa shape index (κ2) is 14.8. The van der Waals surface area contributed by atoms with E-state index in [-0.39, 0.29) is 0 Å². The Morgan fingerprint density at radius 2 is 0.905 bits per heavy atom. The molecule has 1 aliphatic carbocycles. The van der Waals surface area contributed by atoms with Gasteiger partial charge in [-0.25, -0.2) is 9.97 Å². The second-order valence-electron chi connectivity index (χ2n) is 16.6. The van der Waals surface area contributed by atoms with Gasteiger partial charge in [0.25, 0.3) is 0 Å². The average Bonchev–Trinajstić information content (AvgIpc) is 3.88. The van der Waals surface area contributed by atoms with Crippen molar-refractivity contribution in [2.45, 2.75) is 12.3 Å². The van der Waals surface area contributed by atoms with Gasteiger partial charge in [-0.3, -0.25) is 0 Å². The molecule has 9 aromatic carbocycles. The fraction of sp³-hybridized carbons (Fsp3) is 0.0333. The first-order chi connectivity index (χ1) is 31.1. The minimum absolute atomic E-state index is 0.411. The van der Waals surface area contributed by atoms with Crippen molar-refractivity contribution in [1.82, 2.24) is 9.97 Å². The minimum atomic E-state index is -0.411. The predicted octanol–water partition coefficient (Wildman–Crippen LogP) is 15.7. The topological polar surface area (TPSA) is 38.9 Å². The molecule has 0 aliphatic heterocycles. The van der Waals surface area contributed by atoms with Crippen LogP contribution in [0.4, 0.5) is 0 Å². The number of aromatic nitrogens is 2. The summed E-state index contributed by atoms with van der Waals surface area (Å²) in [6, 6.07) is 80.0. The van der Waals surface area contributed by atoms with E-state index in [0.717, 1.165) is 72.3 Å². The minimum Gasteiger partial charge on any atom is -0.455 e. The molecular weight excluding hydrogens is 765 g/mol. The van der Waals surface area contributed by atoms with Gasteiger partial charge in [-0.2, -0.15) is 0 Å². The lowest BCUT2D eigenvalue weighted by molar-refractivity contribution is 0.670. The summed E-state index contributed by atoms with van der Waals surface area (Å²) >= 11 is 0. The summed E-state index contributed by atoms with van der Waals surface area (Å²) in [6.45, 7) is 2.37. The van der Waals surface area contributed by atoms with E-state index in [0.29, 0.717) is 5.82 Å². The van der Waals surface area contributed by atoms with Crippen LogP contribution in [0.15, 0.2) is 229 Å². The predicted molar refractivity (Wildman–Crippen MR) is 259 cm³/mol. The van der Waals surface area contributed by atoms with E-state index >= 15 is 0 Å². The third kappa shape index (κ3) is 6.12. The van der Waals surface area contributed by atoms with Crippen LogP contribution in [0, 0.1) is 0 Å². The summed E-state index contributed by atoms with van der Waals surface area (Å²) in [5.41, 5.74) is 19.0. The Bertz CT molecular complexity index is 3500. The molecule has 0 bridgehead atoms. The number of hydrogen-bond donors (Lipinski definition) is 0. The fourth-order valence-corrected chi connectivity index (χ4v) is 9.90. The van der Waals surface area contributed by atoms with Gasteiger partial charge < -0.3 is 4.42 Å². The summed E-state index contributed by atoms with van der Waals surface area (Å²) in [6.07, 6.45) is 0. The number of benzene rings is 9. The molecule has 3 heteroatoms. The van der Waals surface area contributed by atoms with Crippen molar-refractivity contribution in [3.8, 4) is 78.4 Å². The SMILES string of the molecule is CC1(c2ccccc2)c2ccccc2-c2cccc(-c3cc(-c4cc(-c5ccc(-c6ccccc6)cc5)cc(-c5cccc6c5oc5ccccc56)c4)nc(-c4ccccc4)n3)c21. The number of hydrogen-bond acceptors (Lipinski definition) is 3. The first-order valence-electron chi connectivity index (χ1n) is 21.6. The van der Waals surface area contributed by atoms with Crippen LogP contribution in [0.1, 0.15) is 23.6 Å². The highest BCUT2D eigenvalue weighted by molar-refractivity contribution is 6.10. The Balaban J connectivity index is 1.10. The molecule has 0 saturated heterocycles. The van der Waals surface area contributed by atoms with Gasteiger partial charge in [0.1, 0.15) is 11.2 Å². The van der Waals surface area contributed by atoms with Crippen molar-refractivity contribution < 1.29 is 4.42 Å². The first-order valence-corrected chi connectivity index (χ1v) is 21.6. The standard InChI is InChI=1S/C60H40N2O/c1-60(46-21-9-4-10-22-46)53-29-13-11-23-48(53)50-26-16-28-52(57(50)60)55-38-54(61-59(62-55)42-19-7-3-8-20-42)45-36-43(41-33-31-40(32-34-41)39-17-5-2-6-18-39)35-44(37-45)47-25-15-27-51-49-24-12-14-30-56(49)63-58(47)51/h2-38H,1H3. The number of rotatable bonds is 7. The lowest BCUT2D eigenvalue weighted by Crippen LogP contribution is -2.23.